The lowest BCUT2D eigenvalue weighted by molar-refractivity contribution is -0.159. The molecule has 1 aliphatic heterocycles. The van der Waals surface area contributed by atoms with E-state index in [0.717, 1.165) is 25.9 Å². The number of esters is 1. The molecule has 3 atom stereocenters. The highest BCUT2D eigenvalue weighted by atomic mass is 16.5. The quantitative estimate of drug-likeness (QED) is 0.864. The third kappa shape index (κ3) is 4.08. The van der Waals surface area contributed by atoms with Crippen LogP contribution in [-0.4, -0.2) is 42.6 Å². The largest absolute Gasteiger partial charge is 0.460 e. The molecule has 0 bridgehead atoms. The van der Waals surface area contributed by atoms with E-state index in [1.165, 1.54) is 24.8 Å². The maximum Gasteiger partial charge on any atom is 0.320 e. The highest BCUT2D eigenvalue weighted by Gasteiger charge is 2.30. The number of ether oxygens (including phenoxy) is 1. The minimum atomic E-state index is -0.100. The first-order valence-corrected chi connectivity index (χ1v) is 8.42. The summed E-state index contributed by atoms with van der Waals surface area (Å²) in [5, 5.41) is 0. The molecule has 0 unspecified atom stereocenters. The van der Waals surface area contributed by atoms with E-state index < -0.39 is 0 Å². The van der Waals surface area contributed by atoms with Crippen molar-refractivity contribution >= 4 is 5.97 Å². The van der Waals surface area contributed by atoms with E-state index in [1.54, 1.807) is 0 Å². The Morgan fingerprint density at radius 3 is 2.73 bits per heavy atom. The summed E-state index contributed by atoms with van der Waals surface area (Å²) in [4.78, 5) is 14.1. The average molecular weight is 302 g/mol. The third-order valence-electron chi connectivity index (χ3n) is 4.88. The van der Waals surface area contributed by atoms with Gasteiger partial charge in [0, 0.05) is 25.6 Å². The summed E-state index contributed by atoms with van der Waals surface area (Å²) in [6, 6.07) is 10.5. The second-order valence-electron chi connectivity index (χ2n) is 6.70. The molecular weight excluding hydrogens is 276 g/mol. The fourth-order valence-electron chi connectivity index (χ4n) is 3.71. The molecule has 2 fully saturated rings. The third-order valence-corrected chi connectivity index (χ3v) is 4.88. The number of cyclic esters (lactones) is 1. The molecule has 4 heteroatoms. The Hall–Kier alpha value is -1.39. The molecule has 2 aliphatic rings. The number of rotatable bonds is 4. The van der Waals surface area contributed by atoms with E-state index in [9.17, 15) is 4.79 Å². The van der Waals surface area contributed by atoms with Gasteiger partial charge in [0.25, 0.3) is 0 Å². The normalized spacial score (nSPS) is 30.0. The van der Waals surface area contributed by atoms with Crippen molar-refractivity contribution in [2.45, 2.75) is 44.2 Å². The molecule has 0 radical (unpaired) electrons. The van der Waals surface area contributed by atoms with Gasteiger partial charge in [-0.05, 0) is 24.3 Å². The van der Waals surface area contributed by atoms with Crippen LogP contribution in [0.25, 0.3) is 0 Å². The fourth-order valence-corrected chi connectivity index (χ4v) is 3.71. The number of hydrogen-bond acceptors (Lipinski definition) is 4. The molecule has 22 heavy (non-hydrogen) atoms. The molecule has 0 spiro atoms. The molecule has 1 saturated heterocycles. The van der Waals surface area contributed by atoms with Gasteiger partial charge < -0.3 is 10.5 Å². The minimum Gasteiger partial charge on any atom is -0.460 e. The topological polar surface area (TPSA) is 55.6 Å². The fraction of sp³-hybridized carbons (Fsp3) is 0.611. The predicted molar refractivity (Wildman–Crippen MR) is 86.4 cm³/mol. The lowest BCUT2D eigenvalue weighted by Crippen LogP contribution is -2.50. The number of nitrogens with two attached hydrogens (primary N) is 1. The van der Waals surface area contributed by atoms with Crippen LogP contribution in [0.3, 0.4) is 0 Å². The lowest BCUT2D eigenvalue weighted by atomic mass is 9.84. The van der Waals surface area contributed by atoms with Crippen LogP contribution in [-0.2, 0) is 16.0 Å². The van der Waals surface area contributed by atoms with Crippen molar-refractivity contribution in [2.24, 2.45) is 11.7 Å². The van der Waals surface area contributed by atoms with Crippen LogP contribution in [0.4, 0.5) is 0 Å². The van der Waals surface area contributed by atoms with Crippen molar-refractivity contribution in [3.05, 3.63) is 35.9 Å². The molecule has 1 heterocycles. The molecule has 1 aliphatic carbocycles. The van der Waals surface area contributed by atoms with Crippen molar-refractivity contribution in [3.63, 3.8) is 0 Å². The van der Waals surface area contributed by atoms with Crippen molar-refractivity contribution in [1.29, 1.82) is 0 Å². The Bertz CT molecular complexity index is 491. The van der Waals surface area contributed by atoms with Gasteiger partial charge in [-0.3, -0.25) is 9.69 Å². The Morgan fingerprint density at radius 1 is 1.18 bits per heavy atom. The second-order valence-corrected chi connectivity index (χ2v) is 6.70. The zero-order chi connectivity index (χ0) is 15.4. The SMILES string of the molecule is N[C@@H]1CCCC[C@H]1CN1CC(=O)O[C@@H](Cc2ccccc2)C1. The standard InChI is InChI=1S/C18H26N2O2/c19-17-9-5-4-8-15(17)11-20-12-16(22-18(21)13-20)10-14-6-2-1-3-7-14/h1-3,6-7,15-17H,4-5,8-13,19H2/t15-,16-,17+/m0/s1. The van der Waals surface area contributed by atoms with Crippen molar-refractivity contribution in [3.8, 4) is 0 Å². The van der Waals surface area contributed by atoms with Gasteiger partial charge in [-0.1, -0.05) is 43.2 Å². The van der Waals surface area contributed by atoms with Gasteiger partial charge in [0.15, 0.2) is 0 Å². The molecule has 120 valence electrons. The number of morpholine rings is 1. The minimum absolute atomic E-state index is 0.0385. The molecule has 3 rings (SSSR count). The van der Waals surface area contributed by atoms with Gasteiger partial charge in [-0.2, -0.15) is 0 Å². The lowest BCUT2D eigenvalue weighted by Gasteiger charge is -2.37. The summed E-state index contributed by atoms with van der Waals surface area (Å²) < 4.78 is 5.52. The molecule has 4 nitrogen and oxygen atoms in total. The summed E-state index contributed by atoms with van der Waals surface area (Å²) in [7, 11) is 0. The Morgan fingerprint density at radius 2 is 1.95 bits per heavy atom. The van der Waals surface area contributed by atoms with Crippen LogP contribution in [0.2, 0.25) is 0 Å². The van der Waals surface area contributed by atoms with Gasteiger partial charge in [-0.25, -0.2) is 0 Å². The number of nitrogens with zero attached hydrogens (tertiary/aromatic N) is 1. The molecule has 0 aromatic heterocycles. The Kier molecular flexibility index (Phi) is 5.11. The van der Waals surface area contributed by atoms with Crippen LogP contribution < -0.4 is 5.73 Å². The summed E-state index contributed by atoms with van der Waals surface area (Å²) in [5.74, 6) is 0.425. The average Bonchev–Trinajstić information content (AvgIpc) is 2.50. The molecule has 1 aromatic carbocycles. The molecule has 2 N–H and O–H groups in total. The first kappa shape index (κ1) is 15.5. The first-order valence-electron chi connectivity index (χ1n) is 8.42. The van der Waals surface area contributed by atoms with Crippen molar-refractivity contribution in [1.82, 2.24) is 4.90 Å². The smallest absolute Gasteiger partial charge is 0.320 e. The summed E-state index contributed by atoms with van der Waals surface area (Å²) in [6.07, 6.45) is 5.58. The zero-order valence-corrected chi connectivity index (χ0v) is 13.1. The highest BCUT2D eigenvalue weighted by molar-refractivity contribution is 5.72. The first-order chi connectivity index (χ1) is 10.7. The van der Waals surface area contributed by atoms with E-state index >= 15 is 0 Å². The Balaban J connectivity index is 1.57. The van der Waals surface area contributed by atoms with Gasteiger partial charge in [0.1, 0.15) is 6.10 Å². The van der Waals surface area contributed by atoms with Gasteiger partial charge in [-0.15, -0.1) is 0 Å². The van der Waals surface area contributed by atoms with Crippen LogP contribution >= 0.6 is 0 Å². The molecular formula is C18H26N2O2. The molecule has 0 amide bonds. The zero-order valence-electron chi connectivity index (χ0n) is 13.1. The van der Waals surface area contributed by atoms with Crippen LogP contribution in [0, 0.1) is 5.92 Å². The molecule has 1 saturated carbocycles. The monoisotopic (exact) mass is 302 g/mol. The number of carbonyl (C=O) groups excluding carboxylic acids is 1. The van der Waals surface area contributed by atoms with Crippen LogP contribution in [0.5, 0.6) is 0 Å². The van der Waals surface area contributed by atoms with Gasteiger partial charge >= 0.3 is 5.97 Å². The van der Waals surface area contributed by atoms with Crippen LogP contribution in [0.15, 0.2) is 30.3 Å². The van der Waals surface area contributed by atoms with Crippen LogP contribution in [0.1, 0.15) is 31.2 Å². The number of benzene rings is 1. The van der Waals surface area contributed by atoms with E-state index in [1.807, 2.05) is 18.2 Å². The highest BCUT2D eigenvalue weighted by Crippen LogP contribution is 2.25. The van der Waals surface area contributed by atoms with E-state index in [0.29, 0.717) is 18.5 Å². The van der Waals surface area contributed by atoms with Gasteiger partial charge in [0.05, 0.1) is 6.54 Å². The maximum atomic E-state index is 11.9. The van der Waals surface area contributed by atoms with E-state index in [4.69, 9.17) is 10.5 Å². The maximum absolute atomic E-state index is 11.9. The molecule has 1 aromatic rings. The predicted octanol–water partition coefficient (Wildman–Crippen LogP) is 1.97. The van der Waals surface area contributed by atoms with E-state index in [2.05, 4.69) is 17.0 Å². The number of hydrogen-bond donors (Lipinski definition) is 1. The Labute approximate surface area is 132 Å². The number of carbonyl (C=O) groups is 1. The summed E-state index contributed by atoms with van der Waals surface area (Å²) >= 11 is 0. The van der Waals surface area contributed by atoms with Crippen molar-refractivity contribution in [2.75, 3.05) is 19.6 Å². The second kappa shape index (κ2) is 7.25. The summed E-state index contributed by atoms with van der Waals surface area (Å²) in [6.45, 7) is 2.17. The summed E-state index contributed by atoms with van der Waals surface area (Å²) in [5.41, 5.74) is 7.47. The van der Waals surface area contributed by atoms with Crippen molar-refractivity contribution < 1.29 is 9.53 Å². The van der Waals surface area contributed by atoms with Gasteiger partial charge in [0.2, 0.25) is 0 Å². The van der Waals surface area contributed by atoms with E-state index in [-0.39, 0.29) is 12.1 Å².